The zero-order valence-electron chi connectivity index (χ0n) is 15.8. The molecule has 2 aliphatic rings. The molecule has 1 N–H and O–H groups in total. The molecule has 1 aromatic heterocycles. The van der Waals surface area contributed by atoms with E-state index in [0.717, 1.165) is 37.6 Å². The lowest BCUT2D eigenvalue weighted by atomic mass is 10.3. The van der Waals surface area contributed by atoms with E-state index in [2.05, 4.69) is 15.2 Å². The summed E-state index contributed by atoms with van der Waals surface area (Å²) < 4.78 is 5.60. The maximum Gasteiger partial charge on any atom is 0.262 e. The number of carbonyl (C=O) groups excluding carboxylic acids is 2. The molecule has 3 heterocycles. The number of rotatable bonds is 6. The van der Waals surface area contributed by atoms with Crippen molar-refractivity contribution in [3.8, 4) is 5.75 Å². The van der Waals surface area contributed by atoms with Crippen molar-refractivity contribution >= 4 is 29.0 Å². The van der Waals surface area contributed by atoms with Crippen LogP contribution in [0.2, 0.25) is 0 Å². The number of hydrogen-bond acceptors (Lipinski definition) is 5. The molecule has 1 aromatic carbocycles. The molecular formula is C21H24N4O3. The second-order valence-electron chi connectivity index (χ2n) is 7.08. The summed E-state index contributed by atoms with van der Waals surface area (Å²) in [5.74, 6) is 1.38. The van der Waals surface area contributed by atoms with Crippen LogP contribution in [0.15, 0.2) is 42.6 Å². The first kappa shape index (κ1) is 18.3. The Balaban J connectivity index is 1.30. The summed E-state index contributed by atoms with van der Waals surface area (Å²) in [7, 11) is 0. The van der Waals surface area contributed by atoms with Crippen LogP contribution in [0.5, 0.6) is 5.75 Å². The van der Waals surface area contributed by atoms with Crippen molar-refractivity contribution in [1.29, 1.82) is 0 Å². The normalized spacial score (nSPS) is 16.5. The van der Waals surface area contributed by atoms with Crippen molar-refractivity contribution in [2.24, 2.45) is 0 Å². The monoisotopic (exact) mass is 380 g/mol. The first-order valence-electron chi connectivity index (χ1n) is 9.73. The number of hydrogen-bond donors (Lipinski definition) is 1. The van der Waals surface area contributed by atoms with E-state index in [0.29, 0.717) is 17.9 Å². The van der Waals surface area contributed by atoms with Crippen molar-refractivity contribution in [2.45, 2.75) is 25.7 Å². The summed E-state index contributed by atoms with van der Waals surface area (Å²) in [5, 5.41) is 2.80. The van der Waals surface area contributed by atoms with Crippen LogP contribution in [-0.4, -0.2) is 43.0 Å². The highest BCUT2D eigenvalue weighted by Gasteiger charge is 2.22. The second-order valence-corrected chi connectivity index (χ2v) is 7.08. The Morgan fingerprint density at radius 3 is 2.68 bits per heavy atom. The van der Waals surface area contributed by atoms with Gasteiger partial charge < -0.3 is 19.9 Å². The van der Waals surface area contributed by atoms with Gasteiger partial charge in [-0.1, -0.05) is 6.07 Å². The van der Waals surface area contributed by atoms with E-state index in [9.17, 15) is 9.59 Å². The molecule has 2 fully saturated rings. The van der Waals surface area contributed by atoms with Crippen molar-refractivity contribution in [3.63, 3.8) is 0 Å². The van der Waals surface area contributed by atoms with Gasteiger partial charge in [0.05, 0.1) is 11.9 Å². The van der Waals surface area contributed by atoms with Gasteiger partial charge in [0.1, 0.15) is 11.6 Å². The molecule has 0 saturated carbocycles. The number of aromatic nitrogens is 1. The zero-order valence-corrected chi connectivity index (χ0v) is 15.8. The Kier molecular flexibility index (Phi) is 5.41. The number of benzene rings is 1. The summed E-state index contributed by atoms with van der Waals surface area (Å²) in [6.45, 7) is 2.69. The predicted octanol–water partition coefficient (Wildman–Crippen LogP) is 2.83. The minimum Gasteiger partial charge on any atom is -0.484 e. The number of carbonyl (C=O) groups is 2. The molecule has 4 rings (SSSR count). The maximum absolute atomic E-state index is 12.2. The molecule has 0 bridgehead atoms. The average Bonchev–Trinajstić information content (AvgIpc) is 3.39. The largest absolute Gasteiger partial charge is 0.484 e. The van der Waals surface area contributed by atoms with Crippen molar-refractivity contribution in [3.05, 3.63) is 42.6 Å². The Hall–Kier alpha value is -3.09. The standard InChI is InChI=1S/C21H24N4O3/c26-20(23-16-8-9-19(22-14-16)24-10-1-2-11-24)15-28-18-6-3-5-17(13-18)25-12-4-7-21(25)27/h3,5-6,8-9,13-14H,1-2,4,7,10-12,15H2,(H,23,26). The van der Waals surface area contributed by atoms with Gasteiger partial charge in [0.25, 0.3) is 5.91 Å². The number of nitrogens with one attached hydrogen (secondary N) is 1. The topological polar surface area (TPSA) is 74.8 Å². The zero-order chi connectivity index (χ0) is 19.3. The lowest BCUT2D eigenvalue weighted by Gasteiger charge is -2.17. The number of anilines is 3. The van der Waals surface area contributed by atoms with Crippen LogP contribution in [0.25, 0.3) is 0 Å². The number of amides is 2. The molecule has 2 amide bonds. The van der Waals surface area contributed by atoms with E-state index < -0.39 is 0 Å². The van der Waals surface area contributed by atoms with Crippen LogP contribution in [-0.2, 0) is 9.59 Å². The first-order chi connectivity index (χ1) is 13.7. The lowest BCUT2D eigenvalue weighted by Crippen LogP contribution is -2.24. The van der Waals surface area contributed by atoms with Gasteiger partial charge in [0.15, 0.2) is 6.61 Å². The third-order valence-electron chi connectivity index (χ3n) is 5.03. The summed E-state index contributed by atoms with van der Waals surface area (Å²) in [6, 6.07) is 11.1. The summed E-state index contributed by atoms with van der Waals surface area (Å²) in [5.41, 5.74) is 1.45. The van der Waals surface area contributed by atoms with Crippen LogP contribution in [0, 0.1) is 0 Å². The van der Waals surface area contributed by atoms with E-state index in [1.165, 1.54) is 12.8 Å². The third-order valence-corrected chi connectivity index (χ3v) is 5.03. The molecule has 0 aliphatic carbocycles. The fourth-order valence-corrected chi connectivity index (χ4v) is 3.60. The van der Waals surface area contributed by atoms with Crippen molar-refractivity contribution in [1.82, 2.24) is 4.98 Å². The van der Waals surface area contributed by atoms with Crippen LogP contribution >= 0.6 is 0 Å². The number of pyridine rings is 1. The van der Waals surface area contributed by atoms with E-state index in [4.69, 9.17) is 4.74 Å². The highest BCUT2D eigenvalue weighted by Crippen LogP contribution is 2.25. The van der Waals surface area contributed by atoms with E-state index in [1.54, 1.807) is 23.2 Å². The highest BCUT2D eigenvalue weighted by molar-refractivity contribution is 5.95. The fourth-order valence-electron chi connectivity index (χ4n) is 3.60. The van der Waals surface area contributed by atoms with E-state index in [-0.39, 0.29) is 18.4 Å². The van der Waals surface area contributed by atoms with Crippen LogP contribution < -0.4 is 19.9 Å². The van der Waals surface area contributed by atoms with Gasteiger partial charge in [-0.25, -0.2) is 4.98 Å². The smallest absolute Gasteiger partial charge is 0.262 e. The van der Waals surface area contributed by atoms with Crippen molar-refractivity contribution in [2.75, 3.05) is 41.4 Å². The molecule has 28 heavy (non-hydrogen) atoms. The van der Waals surface area contributed by atoms with Gasteiger partial charge in [-0.05, 0) is 43.5 Å². The van der Waals surface area contributed by atoms with Crippen LogP contribution in [0.1, 0.15) is 25.7 Å². The molecule has 2 aliphatic heterocycles. The number of ether oxygens (including phenoxy) is 1. The average molecular weight is 380 g/mol. The molecule has 0 radical (unpaired) electrons. The van der Waals surface area contributed by atoms with Crippen LogP contribution in [0.3, 0.4) is 0 Å². The number of nitrogens with zero attached hydrogens (tertiary/aromatic N) is 3. The van der Waals surface area contributed by atoms with Crippen molar-refractivity contribution < 1.29 is 14.3 Å². The highest BCUT2D eigenvalue weighted by atomic mass is 16.5. The molecule has 146 valence electrons. The Labute approximate surface area is 164 Å². The molecule has 0 spiro atoms. The molecule has 0 unspecified atom stereocenters. The minimum absolute atomic E-state index is 0.106. The molecule has 2 saturated heterocycles. The summed E-state index contributed by atoms with van der Waals surface area (Å²) in [4.78, 5) is 32.5. The fraction of sp³-hybridized carbons (Fsp3) is 0.381. The quantitative estimate of drug-likeness (QED) is 0.834. The molecule has 7 heteroatoms. The lowest BCUT2D eigenvalue weighted by molar-refractivity contribution is -0.118. The van der Waals surface area contributed by atoms with Gasteiger partial charge in [-0.15, -0.1) is 0 Å². The van der Waals surface area contributed by atoms with Gasteiger partial charge >= 0.3 is 0 Å². The SMILES string of the molecule is O=C(COc1cccc(N2CCCC2=O)c1)Nc1ccc(N2CCCC2)nc1. The van der Waals surface area contributed by atoms with E-state index >= 15 is 0 Å². The molecular weight excluding hydrogens is 356 g/mol. The van der Waals surface area contributed by atoms with Gasteiger partial charge in [-0.3, -0.25) is 9.59 Å². The molecule has 7 nitrogen and oxygen atoms in total. The first-order valence-corrected chi connectivity index (χ1v) is 9.73. The van der Waals surface area contributed by atoms with Gasteiger partial charge in [0.2, 0.25) is 5.91 Å². The summed E-state index contributed by atoms with van der Waals surface area (Å²) >= 11 is 0. The third kappa shape index (κ3) is 4.24. The Morgan fingerprint density at radius 2 is 1.96 bits per heavy atom. The van der Waals surface area contributed by atoms with Gasteiger partial charge in [0, 0.05) is 37.8 Å². The maximum atomic E-state index is 12.2. The van der Waals surface area contributed by atoms with Crippen LogP contribution in [0.4, 0.5) is 17.2 Å². The second kappa shape index (κ2) is 8.29. The summed E-state index contributed by atoms with van der Waals surface area (Å²) in [6.07, 6.45) is 5.52. The predicted molar refractivity (Wildman–Crippen MR) is 108 cm³/mol. The Morgan fingerprint density at radius 1 is 1.11 bits per heavy atom. The van der Waals surface area contributed by atoms with Gasteiger partial charge in [-0.2, -0.15) is 0 Å². The molecule has 0 atom stereocenters. The molecule has 2 aromatic rings. The Bertz CT molecular complexity index is 847. The van der Waals surface area contributed by atoms with E-state index in [1.807, 2.05) is 24.3 Å². The minimum atomic E-state index is -0.252.